The van der Waals surface area contributed by atoms with Crippen molar-refractivity contribution in [2.75, 3.05) is 62.4 Å². The van der Waals surface area contributed by atoms with Crippen molar-refractivity contribution in [1.29, 1.82) is 0 Å². The molecule has 0 radical (unpaired) electrons. The van der Waals surface area contributed by atoms with Gasteiger partial charge in [0.1, 0.15) is 60.3 Å². The van der Waals surface area contributed by atoms with E-state index in [-0.39, 0.29) is 122 Å². The number of amides is 2. The molecular weight excluding hydrogens is 1750 g/mol. The van der Waals surface area contributed by atoms with Crippen LogP contribution in [-0.4, -0.2) is 259 Å². The summed E-state index contributed by atoms with van der Waals surface area (Å²) in [5.74, 6) is -15.9. The topological polar surface area (TPSA) is 398 Å². The van der Waals surface area contributed by atoms with E-state index in [0.717, 1.165) is 30.4 Å². The summed E-state index contributed by atoms with van der Waals surface area (Å²) >= 11 is 3.54. The van der Waals surface area contributed by atoms with E-state index < -0.39 is 162 Å². The minimum absolute atomic E-state index is 0.0134. The molecule has 4 saturated heterocycles. The van der Waals surface area contributed by atoms with Crippen molar-refractivity contribution in [1.82, 2.24) is 9.80 Å². The molecule has 0 aromatic carbocycles. The van der Waals surface area contributed by atoms with Gasteiger partial charge in [0.05, 0.1) is 49.3 Å². The molecule has 8 unspecified atom stereocenters. The van der Waals surface area contributed by atoms with Crippen molar-refractivity contribution in [3.05, 3.63) is 95.2 Å². The molecule has 6 aliphatic heterocycles. The normalized spacial score (nSPS) is 39.6. The predicted molar refractivity (Wildman–Crippen MR) is 505 cm³/mol. The molecule has 30 nitrogen and oxygen atoms in total. The number of aliphatic hydroxyl groups excluding tert-OH is 3. The number of piperidine rings is 2. The Bertz CT molecular complexity index is 4100. The molecule has 2 saturated carbocycles. The van der Waals surface area contributed by atoms with Crippen molar-refractivity contribution >= 4 is 71.4 Å². The van der Waals surface area contributed by atoms with Gasteiger partial charge in [0.2, 0.25) is 11.6 Å². The largest absolute Gasteiger partial charge is 0.460 e. The lowest BCUT2D eigenvalue weighted by Crippen LogP contribution is -2.61. The second kappa shape index (κ2) is 55.5. The molecule has 2 amide bonds. The Hall–Kier alpha value is -6.47. The second-order valence-electron chi connectivity index (χ2n) is 39.8. The van der Waals surface area contributed by atoms with Gasteiger partial charge in [-0.1, -0.05) is 147 Å². The lowest BCUT2D eigenvalue weighted by atomic mass is 9.75. The smallest absolute Gasteiger partial charge is 0.329 e. The molecule has 134 heavy (non-hydrogen) atoms. The highest BCUT2D eigenvalue weighted by Gasteiger charge is 2.56. The highest BCUT2D eigenvalue weighted by Crippen LogP contribution is 2.43. The Labute approximate surface area is 800 Å². The van der Waals surface area contributed by atoms with Gasteiger partial charge in [-0.2, -0.15) is 0 Å². The van der Waals surface area contributed by atoms with Gasteiger partial charge in [-0.25, -0.2) is 14.5 Å². The summed E-state index contributed by atoms with van der Waals surface area (Å²) < 4.78 is 63.4. The highest BCUT2D eigenvalue weighted by molar-refractivity contribution is 7.74. The Morgan fingerprint density at radius 1 is 0.463 bits per heavy atom. The van der Waals surface area contributed by atoms with E-state index in [4.69, 9.17) is 52.3 Å². The van der Waals surface area contributed by atoms with Gasteiger partial charge in [0, 0.05) is 136 Å². The number of rotatable bonds is 16. The van der Waals surface area contributed by atoms with Gasteiger partial charge in [0.25, 0.3) is 23.4 Å². The van der Waals surface area contributed by atoms with E-state index in [2.05, 4.69) is 22.3 Å². The second-order valence-corrected chi connectivity index (χ2v) is 40.0. The predicted octanol–water partition coefficient (Wildman–Crippen LogP) is 13.3. The summed E-state index contributed by atoms with van der Waals surface area (Å²) in [7, 11) is 9.11. The van der Waals surface area contributed by atoms with Crippen LogP contribution in [0.1, 0.15) is 251 Å². The third-order valence-electron chi connectivity index (χ3n) is 29.5. The number of nitrogens with zero attached hydrogens (tertiary/aromatic N) is 2. The number of thiol groups is 1. The number of carbonyl (C=O) groups is 10. The maximum absolute atomic E-state index is 14.5. The van der Waals surface area contributed by atoms with Crippen molar-refractivity contribution in [3.63, 3.8) is 0 Å². The fourth-order valence-corrected chi connectivity index (χ4v) is 20.7. The third-order valence-corrected chi connectivity index (χ3v) is 29.6. The molecule has 4 bridgehead atoms. The Morgan fingerprint density at radius 3 is 1.25 bits per heavy atom. The molecule has 6 heterocycles. The van der Waals surface area contributed by atoms with Gasteiger partial charge in [0.15, 0.2) is 11.6 Å². The summed E-state index contributed by atoms with van der Waals surface area (Å²) in [5, 5.41) is 61.8. The molecule has 30 atom stereocenters. The van der Waals surface area contributed by atoms with Gasteiger partial charge >= 0.3 is 11.9 Å². The monoisotopic (exact) mass is 1910 g/mol. The number of fused-ring (bicyclic) bond motifs is 6. The SMILES string of the molecule is COC1CC(C[C@@H](C)[C@@H]2CC(=O)[C@H](C)/C=C(\C)[C@@H](O)C(OC)C(=O)C(C)C[C@H](C)/C=C/C=C/C=C(\C)[C@@H](OC)C[C@@H]3CC[C@@H](C)[C@@](O)(O3)C(=O)C(=O)N3CCCC[C@H]3C(=O)O2)CC[C@H]1COOOS.COC1CC(C[C@@H](C)[C@@H]2CC(=O)[C@H](C)/C=C(\C)[C@@H](O)C(OC)C(=O)C(C)C[C@H](C)/C=C/C=C/C=C(\C)[C@@H](OC)C[C@@H]3CC[C@@H](C)[C@@](O)(O3)C(=O)C(=O)N3CCCC[C@H]3C(=O)O2)CC[C@H]1O. The van der Waals surface area contributed by atoms with Crippen LogP contribution in [0, 0.1) is 76.9 Å². The average Bonchev–Trinajstić information content (AvgIpc) is 0.773. The third kappa shape index (κ3) is 32.0. The first-order valence-corrected chi connectivity index (χ1v) is 49.2. The number of methoxy groups -OCH3 is 6. The number of esters is 2. The number of carbonyl (C=O) groups excluding carboxylic acids is 10. The summed E-state index contributed by atoms with van der Waals surface area (Å²) in [6.45, 7) is 25.7. The summed E-state index contributed by atoms with van der Waals surface area (Å²) in [4.78, 5) is 149. The molecule has 2 aliphatic carbocycles. The number of ketones is 6. The first-order chi connectivity index (χ1) is 63.5. The lowest BCUT2D eigenvalue weighted by molar-refractivity contribution is -0.463. The number of allylic oxidation sites excluding steroid dienone is 12. The van der Waals surface area contributed by atoms with Crippen LogP contribution in [-0.2, 0) is 110 Å². The maximum Gasteiger partial charge on any atom is 0.329 e. The van der Waals surface area contributed by atoms with Crippen LogP contribution in [0.3, 0.4) is 0 Å². The van der Waals surface area contributed by atoms with Crippen molar-refractivity contribution in [2.24, 2.45) is 76.9 Å². The van der Waals surface area contributed by atoms with Crippen molar-refractivity contribution in [3.8, 4) is 0 Å². The van der Waals surface area contributed by atoms with Crippen molar-refractivity contribution in [2.45, 2.75) is 354 Å². The zero-order chi connectivity index (χ0) is 99.2. The zero-order valence-corrected chi connectivity index (χ0v) is 84.0. The number of hydrogen-bond acceptors (Lipinski definition) is 29. The van der Waals surface area contributed by atoms with Crippen LogP contribution >= 0.6 is 12.9 Å². The molecule has 0 aromatic heterocycles. The van der Waals surface area contributed by atoms with Gasteiger partial charge in [-0.15, -0.1) is 4.33 Å². The van der Waals surface area contributed by atoms with Crippen LogP contribution in [0.25, 0.3) is 0 Å². The molecule has 756 valence electrons. The van der Waals surface area contributed by atoms with Crippen LogP contribution in [0.15, 0.2) is 95.2 Å². The van der Waals surface area contributed by atoms with E-state index in [1.54, 1.807) is 82.1 Å². The maximum atomic E-state index is 14.5. The zero-order valence-electron chi connectivity index (χ0n) is 83.2. The molecular formula is C103H160N2O28S. The number of aliphatic hydroxyl groups is 5. The lowest BCUT2D eigenvalue weighted by Gasteiger charge is -2.42. The minimum atomic E-state index is -2.44. The molecule has 0 spiro atoms. The van der Waals surface area contributed by atoms with E-state index in [0.29, 0.717) is 120 Å². The van der Waals surface area contributed by atoms with Crippen molar-refractivity contribution < 1.29 is 135 Å². The Balaban J connectivity index is 0.000000366. The Kier molecular flexibility index (Phi) is 47.4. The fraction of sp³-hybridized carbons (Fsp3) is 0.748. The summed E-state index contributed by atoms with van der Waals surface area (Å²) in [5.41, 5.74) is 2.53. The molecule has 31 heteroatoms. The number of hydrogen-bond donors (Lipinski definition) is 6. The van der Waals surface area contributed by atoms with E-state index >= 15 is 0 Å². The molecule has 8 rings (SSSR count). The summed E-state index contributed by atoms with van der Waals surface area (Å²) in [6.07, 6.45) is 23.4. The first kappa shape index (κ1) is 115. The van der Waals surface area contributed by atoms with Gasteiger partial charge in [-0.3, -0.25) is 38.4 Å². The van der Waals surface area contributed by atoms with E-state index in [1.165, 1.54) is 24.0 Å². The number of ether oxygens (including phenoxy) is 10. The van der Waals surface area contributed by atoms with Gasteiger partial charge < -0.3 is 82.7 Å². The van der Waals surface area contributed by atoms with E-state index in [1.807, 2.05) is 116 Å². The molecule has 5 N–H and O–H groups in total. The highest BCUT2D eigenvalue weighted by atomic mass is 32.1. The number of Topliss-reactive ketones (excluding diaryl/α,β-unsaturated/α-hetero) is 6. The van der Waals surface area contributed by atoms with Gasteiger partial charge in [-0.05, 0) is 214 Å². The molecule has 6 fully saturated rings. The van der Waals surface area contributed by atoms with Crippen LogP contribution < -0.4 is 0 Å². The molecule has 8 aliphatic rings. The van der Waals surface area contributed by atoms with Crippen LogP contribution in [0.4, 0.5) is 0 Å². The summed E-state index contributed by atoms with van der Waals surface area (Å²) in [6, 6.07) is -2.29. The number of cyclic esters (lactones) is 2. The van der Waals surface area contributed by atoms with E-state index in [9.17, 15) is 73.5 Å². The Morgan fingerprint density at radius 2 is 0.866 bits per heavy atom. The standard InChI is InChI=1S/C52H81NO15S.C51H79NO13/c1-31-16-12-11-13-17-32(2)43(61-8)28-40-22-19-37(7)52(60,66-40)49(57)50(58)53-23-15-14-18-41(53)51(59)65-44(34(4)26-38-20-21-39(30-64-67-68-69)45(27-38)62-9)29-42(54)33(3)25-36(6)47(56)48(63-10)46(55)35(5)24-31;1-30-16-12-11-13-17-31(2)42(61-8)28-38-21-19-36(7)51(60,65-38)48(57)49(58)52-23-15-14-18-39(52)50(59)64-43(33(4)26-37-20-22-40(53)44(27-37)62-9)29-41(54)32(3)25-35(6)46(56)47(63-10)45(55)34(5)24-30/h11-13,16-17,25,31,33-35,37-41,43-45,47-48,56,60,69H,14-15,18-24,26-30H2,1-10H3;11-13,16-17,25,30,32-34,36-40,42-44,46-47,53,56,60H,14-15,18-24,26-29H2,1-10H3/b13-11+,16-12+,32-17+,36-25+;13-11+,16-12+,31-17+,35-25+/t31-,33-,34-,35?,37-,38?,39+,40+,41+,43+,44+,45?,47-,48?,52-;30-,32-,33-,34?,36-,37?,38+,39+,40-,42+,43+,44?,46-,47?,51-/m11/s1. The van der Waals surface area contributed by atoms with Crippen LogP contribution in [0.2, 0.25) is 0 Å². The molecule has 0 aromatic rings. The minimum Gasteiger partial charge on any atom is -0.460 e. The average molecular weight is 1910 g/mol. The quantitative estimate of drug-likeness (QED) is 0.0122. The van der Waals surface area contributed by atoms with Crippen LogP contribution in [0.5, 0.6) is 0 Å². The fourth-order valence-electron chi connectivity index (χ4n) is 20.7. The first-order valence-electron chi connectivity index (χ1n) is 48.8.